The zero-order chi connectivity index (χ0) is 14.5. The molecule has 6 nitrogen and oxygen atoms in total. The van der Waals surface area contributed by atoms with E-state index in [-0.39, 0.29) is 5.69 Å². The summed E-state index contributed by atoms with van der Waals surface area (Å²) in [6.45, 7) is 2.57. The largest absolute Gasteiger partial charge is 0.464 e. The number of aromatic nitrogens is 3. The minimum atomic E-state index is -0.453. The molecule has 0 spiro atoms. The number of esters is 1. The Morgan fingerprint density at radius 1 is 1.30 bits per heavy atom. The summed E-state index contributed by atoms with van der Waals surface area (Å²) in [5, 5.41) is 8.14. The molecule has 20 heavy (non-hydrogen) atoms. The molecular weight excluding hydrogens is 258 g/mol. The molecule has 112 valence electrons. The number of carbonyl (C=O) groups excluding carboxylic acids is 1. The van der Waals surface area contributed by atoms with Gasteiger partial charge in [0.2, 0.25) is 0 Å². The molecule has 0 radical (unpaired) electrons. The van der Waals surface area contributed by atoms with Crippen LogP contribution in [0.25, 0.3) is 0 Å². The van der Waals surface area contributed by atoms with Gasteiger partial charge < -0.3 is 9.47 Å². The highest BCUT2D eigenvalue weighted by Gasteiger charge is 2.27. The summed E-state index contributed by atoms with van der Waals surface area (Å²) in [4.78, 5) is 11.7. The number of hydrogen-bond donors (Lipinski definition) is 0. The van der Waals surface area contributed by atoms with E-state index in [0.29, 0.717) is 12.6 Å². The third-order valence-electron chi connectivity index (χ3n) is 4.19. The third kappa shape index (κ3) is 3.00. The molecule has 1 aliphatic rings. The number of hydrogen-bond acceptors (Lipinski definition) is 5. The summed E-state index contributed by atoms with van der Waals surface area (Å²) in [5.41, 5.74) is 0.992. The normalized spacial score (nSPS) is 22.8. The highest BCUT2D eigenvalue weighted by Crippen LogP contribution is 2.34. The van der Waals surface area contributed by atoms with Crippen molar-refractivity contribution in [2.45, 2.75) is 51.7 Å². The van der Waals surface area contributed by atoms with E-state index in [0.717, 1.165) is 24.5 Å². The van der Waals surface area contributed by atoms with Crippen molar-refractivity contribution in [2.24, 2.45) is 5.92 Å². The molecule has 1 aromatic heterocycles. The van der Waals surface area contributed by atoms with Crippen molar-refractivity contribution in [3.05, 3.63) is 11.4 Å². The van der Waals surface area contributed by atoms with Crippen LogP contribution in [0.2, 0.25) is 0 Å². The van der Waals surface area contributed by atoms with Gasteiger partial charge in [-0.1, -0.05) is 18.6 Å². The van der Waals surface area contributed by atoms with Crippen molar-refractivity contribution in [3.8, 4) is 0 Å². The zero-order valence-electron chi connectivity index (χ0n) is 12.5. The minimum absolute atomic E-state index is 0.270. The molecule has 0 unspecified atom stereocenters. The molecule has 0 N–H and O–H groups in total. The molecule has 1 aliphatic carbocycles. The Morgan fingerprint density at radius 3 is 2.55 bits per heavy atom. The monoisotopic (exact) mass is 281 g/mol. The standard InChI is InChI=1S/C14H23N3O3/c1-4-10-5-7-11(8-6-10)17-12(9-19-2)13(15-16-17)14(18)20-3/h10-11H,4-9H2,1-3H3. The van der Waals surface area contributed by atoms with E-state index >= 15 is 0 Å². The van der Waals surface area contributed by atoms with E-state index in [9.17, 15) is 4.79 Å². The summed E-state index contributed by atoms with van der Waals surface area (Å²) in [5.74, 6) is 0.367. The first-order valence-electron chi connectivity index (χ1n) is 7.22. The van der Waals surface area contributed by atoms with Gasteiger partial charge in [0.15, 0.2) is 5.69 Å². The molecule has 0 bridgehead atoms. The smallest absolute Gasteiger partial charge is 0.360 e. The summed E-state index contributed by atoms with van der Waals surface area (Å²) in [6, 6.07) is 0.314. The Hall–Kier alpha value is -1.43. The maximum absolute atomic E-state index is 11.7. The second-order valence-electron chi connectivity index (χ2n) is 5.34. The average Bonchev–Trinajstić information content (AvgIpc) is 2.91. The van der Waals surface area contributed by atoms with E-state index in [1.807, 2.05) is 4.68 Å². The van der Waals surface area contributed by atoms with Gasteiger partial charge in [-0.3, -0.25) is 0 Å². The van der Waals surface area contributed by atoms with Crippen molar-refractivity contribution in [1.82, 2.24) is 15.0 Å². The lowest BCUT2D eigenvalue weighted by atomic mass is 9.84. The van der Waals surface area contributed by atoms with Gasteiger partial charge in [0.05, 0.1) is 25.5 Å². The second kappa shape index (κ2) is 6.83. The van der Waals surface area contributed by atoms with Crippen LogP contribution < -0.4 is 0 Å². The van der Waals surface area contributed by atoms with Crippen molar-refractivity contribution in [1.29, 1.82) is 0 Å². The first-order chi connectivity index (χ1) is 9.71. The molecule has 2 rings (SSSR count). The van der Waals surface area contributed by atoms with Crippen LogP contribution >= 0.6 is 0 Å². The van der Waals surface area contributed by atoms with Gasteiger partial charge in [-0.15, -0.1) is 5.10 Å². The summed E-state index contributed by atoms with van der Waals surface area (Å²) >= 11 is 0. The molecule has 0 aromatic carbocycles. The van der Waals surface area contributed by atoms with E-state index in [2.05, 4.69) is 17.2 Å². The summed E-state index contributed by atoms with van der Waals surface area (Å²) < 4.78 is 11.8. The number of methoxy groups -OCH3 is 2. The fraction of sp³-hybridized carbons (Fsp3) is 0.786. The lowest BCUT2D eigenvalue weighted by molar-refractivity contribution is 0.0588. The predicted octanol–water partition coefficient (Wildman–Crippen LogP) is 2.35. The van der Waals surface area contributed by atoms with Crippen LogP contribution in [0.3, 0.4) is 0 Å². The van der Waals surface area contributed by atoms with Crippen LogP contribution in [0.4, 0.5) is 0 Å². The van der Waals surface area contributed by atoms with Crippen molar-refractivity contribution in [3.63, 3.8) is 0 Å². The number of rotatable bonds is 5. The molecule has 1 heterocycles. The minimum Gasteiger partial charge on any atom is -0.464 e. The van der Waals surface area contributed by atoms with Gasteiger partial charge in [-0.25, -0.2) is 9.48 Å². The molecule has 0 saturated heterocycles. The Bertz CT molecular complexity index is 451. The fourth-order valence-electron chi connectivity index (χ4n) is 2.93. The van der Waals surface area contributed by atoms with Crippen molar-refractivity contribution >= 4 is 5.97 Å². The van der Waals surface area contributed by atoms with Crippen LogP contribution in [-0.2, 0) is 16.1 Å². The van der Waals surface area contributed by atoms with Gasteiger partial charge in [0.25, 0.3) is 0 Å². The number of carbonyl (C=O) groups is 1. The number of nitrogens with zero attached hydrogens (tertiary/aromatic N) is 3. The van der Waals surface area contributed by atoms with Gasteiger partial charge in [-0.05, 0) is 31.6 Å². The Labute approximate surface area is 119 Å². The van der Waals surface area contributed by atoms with Gasteiger partial charge in [0, 0.05) is 7.11 Å². The first-order valence-corrected chi connectivity index (χ1v) is 7.22. The van der Waals surface area contributed by atoms with E-state index in [1.165, 1.54) is 26.4 Å². The zero-order valence-corrected chi connectivity index (χ0v) is 12.5. The van der Waals surface area contributed by atoms with E-state index in [4.69, 9.17) is 9.47 Å². The average molecular weight is 281 g/mol. The quantitative estimate of drug-likeness (QED) is 0.775. The maximum Gasteiger partial charge on any atom is 0.360 e. The Balaban J connectivity index is 2.19. The van der Waals surface area contributed by atoms with Crippen LogP contribution in [0.1, 0.15) is 61.3 Å². The van der Waals surface area contributed by atoms with Gasteiger partial charge in [0.1, 0.15) is 0 Å². The Morgan fingerprint density at radius 2 is 2.00 bits per heavy atom. The SMILES string of the molecule is CCC1CCC(n2nnc(C(=O)OC)c2COC)CC1. The molecule has 1 aromatic rings. The van der Waals surface area contributed by atoms with E-state index in [1.54, 1.807) is 7.11 Å². The molecule has 0 aliphatic heterocycles. The molecule has 6 heteroatoms. The number of ether oxygens (including phenoxy) is 2. The second-order valence-corrected chi connectivity index (χ2v) is 5.34. The fourth-order valence-corrected chi connectivity index (χ4v) is 2.93. The highest BCUT2D eigenvalue weighted by molar-refractivity contribution is 5.88. The summed E-state index contributed by atoms with van der Waals surface area (Å²) in [7, 11) is 2.96. The topological polar surface area (TPSA) is 66.2 Å². The molecule has 1 fully saturated rings. The van der Waals surface area contributed by atoms with Crippen molar-refractivity contribution < 1.29 is 14.3 Å². The van der Waals surface area contributed by atoms with Gasteiger partial charge in [-0.2, -0.15) is 0 Å². The van der Waals surface area contributed by atoms with Crippen LogP contribution in [0.5, 0.6) is 0 Å². The lowest BCUT2D eigenvalue weighted by Gasteiger charge is -2.28. The van der Waals surface area contributed by atoms with Crippen LogP contribution in [0.15, 0.2) is 0 Å². The predicted molar refractivity (Wildman–Crippen MR) is 73.4 cm³/mol. The Kier molecular flexibility index (Phi) is 5.11. The summed E-state index contributed by atoms with van der Waals surface area (Å²) in [6.07, 6.45) is 5.82. The maximum atomic E-state index is 11.7. The lowest BCUT2D eigenvalue weighted by Crippen LogP contribution is -2.21. The van der Waals surface area contributed by atoms with E-state index < -0.39 is 5.97 Å². The van der Waals surface area contributed by atoms with Gasteiger partial charge >= 0.3 is 5.97 Å². The first kappa shape index (κ1) is 15.0. The highest BCUT2D eigenvalue weighted by atomic mass is 16.5. The molecule has 1 saturated carbocycles. The molecular formula is C14H23N3O3. The molecule has 0 atom stereocenters. The third-order valence-corrected chi connectivity index (χ3v) is 4.19. The van der Waals surface area contributed by atoms with Crippen LogP contribution in [-0.4, -0.2) is 35.2 Å². The van der Waals surface area contributed by atoms with Crippen molar-refractivity contribution in [2.75, 3.05) is 14.2 Å². The molecule has 0 amide bonds. The van der Waals surface area contributed by atoms with Crippen LogP contribution in [0, 0.1) is 5.92 Å².